The third-order valence-corrected chi connectivity index (χ3v) is 5.91. The van der Waals surface area contributed by atoms with E-state index in [2.05, 4.69) is 27.0 Å². The Morgan fingerprint density at radius 2 is 1.89 bits per heavy atom. The molecule has 5 nitrogen and oxygen atoms in total. The van der Waals surface area contributed by atoms with E-state index in [9.17, 15) is 9.18 Å². The van der Waals surface area contributed by atoms with Gasteiger partial charge in [-0.3, -0.25) is 4.79 Å². The fourth-order valence-corrected chi connectivity index (χ4v) is 4.18. The van der Waals surface area contributed by atoms with E-state index in [1.807, 2.05) is 30.3 Å². The molecule has 0 bridgehead atoms. The minimum atomic E-state index is -0.493. The summed E-state index contributed by atoms with van der Waals surface area (Å²) in [6.07, 6.45) is 2.30. The number of nitrogens with one attached hydrogen (secondary N) is 1. The molecule has 1 aromatic heterocycles. The van der Waals surface area contributed by atoms with Gasteiger partial charge in [0.25, 0.3) is 0 Å². The number of hydrogen-bond acceptors (Lipinski definition) is 4. The van der Waals surface area contributed by atoms with Crippen LogP contribution in [-0.4, -0.2) is 20.7 Å². The van der Waals surface area contributed by atoms with Crippen LogP contribution in [0.2, 0.25) is 0 Å². The standard InChI is InChI=1S/C21H21FN4OS/c1-2-26-19(15-8-9-15)24-25-21(26)28-18(14-6-4-3-5-7-14)20(27)23-17-12-10-16(22)11-13-17/h3-7,10-13,15,18H,2,8-9H2,1H3,(H,23,27)/t18-/m1/s1. The smallest absolute Gasteiger partial charge is 0.242 e. The molecule has 3 aromatic rings. The summed E-state index contributed by atoms with van der Waals surface area (Å²) >= 11 is 1.39. The number of anilines is 1. The lowest BCUT2D eigenvalue weighted by Crippen LogP contribution is -2.19. The molecule has 1 amide bonds. The van der Waals surface area contributed by atoms with Crippen LogP contribution in [-0.2, 0) is 11.3 Å². The van der Waals surface area contributed by atoms with Crippen LogP contribution in [0.3, 0.4) is 0 Å². The normalized spacial score (nSPS) is 14.6. The van der Waals surface area contributed by atoms with Crippen molar-refractivity contribution in [1.29, 1.82) is 0 Å². The summed E-state index contributed by atoms with van der Waals surface area (Å²) in [5, 5.41) is 11.9. The first kappa shape index (κ1) is 18.7. The van der Waals surface area contributed by atoms with Crippen LogP contribution in [0.1, 0.15) is 42.3 Å². The molecule has 0 unspecified atom stereocenters. The Balaban J connectivity index is 1.61. The van der Waals surface area contributed by atoms with Crippen molar-refractivity contribution in [2.24, 2.45) is 0 Å². The van der Waals surface area contributed by atoms with E-state index < -0.39 is 5.25 Å². The summed E-state index contributed by atoms with van der Waals surface area (Å²) in [6.45, 7) is 2.83. The molecule has 1 N–H and O–H groups in total. The topological polar surface area (TPSA) is 59.8 Å². The summed E-state index contributed by atoms with van der Waals surface area (Å²) < 4.78 is 15.3. The van der Waals surface area contributed by atoms with Gasteiger partial charge < -0.3 is 9.88 Å². The van der Waals surface area contributed by atoms with Gasteiger partial charge in [0.15, 0.2) is 5.16 Å². The Labute approximate surface area is 167 Å². The number of hydrogen-bond donors (Lipinski definition) is 1. The van der Waals surface area contributed by atoms with Gasteiger partial charge in [-0.2, -0.15) is 0 Å². The van der Waals surface area contributed by atoms with Gasteiger partial charge in [0, 0.05) is 18.2 Å². The van der Waals surface area contributed by atoms with Crippen LogP contribution in [0.5, 0.6) is 0 Å². The molecule has 1 fully saturated rings. The van der Waals surface area contributed by atoms with Gasteiger partial charge in [-0.25, -0.2) is 4.39 Å². The zero-order valence-electron chi connectivity index (χ0n) is 15.5. The average Bonchev–Trinajstić information content (AvgIpc) is 3.48. The van der Waals surface area contributed by atoms with E-state index in [0.29, 0.717) is 11.6 Å². The van der Waals surface area contributed by atoms with Gasteiger partial charge in [-0.1, -0.05) is 42.1 Å². The highest BCUT2D eigenvalue weighted by Crippen LogP contribution is 2.42. The third-order valence-electron chi connectivity index (χ3n) is 4.68. The second-order valence-electron chi connectivity index (χ2n) is 6.76. The van der Waals surface area contributed by atoms with Crippen LogP contribution in [0.25, 0.3) is 0 Å². The number of nitrogens with zero attached hydrogens (tertiary/aromatic N) is 3. The van der Waals surface area contributed by atoms with Crippen LogP contribution in [0, 0.1) is 5.82 Å². The van der Waals surface area contributed by atoms with Gasteiger partial charge in [0.05, 0.1) is 0 Å². The molecule has 7 heteroatoms. The van der Waals surface area contributed by atoms with Gasteiger partial charge in [0.2, 0.25) is 5.91 Å². The summed E-state index contributed by atoms with van der Waals surface area (Å²) in [6, 6.07) is 15.4. The zero-order chi connectivity index (χ0) is 19.5. The van der Waals surface area contributed by atoms with Gasteiger partial charge in [-0.05, 0) is 49.6 Å². The van der Waals surface area contributed by atoms with Gasteiger partial charge >= 0.3 is 0 Å². The highest BCUT2D eigenvalue weighted by Gasteiger charge is 2.31. The molecular formula is C21H21FN4OS. The van der Waals surface area contributed by atoms with E-state index in [1.54, 1.807) is 12.1 Å². The summed E-state index contributed by atoms with van der Waals surface area (Å²) in [7, 11) is 0. The molecule has 2 aromatic carbocycles. The molecule has 1 saturated carbocycles. The summed E-state index contributed by atoms with van der Waals surface area (Å²) in [5.74, 6) is 0.984. The second kappa shape index (κ2) is 8.14. The van der Waals surface area contributed by atoms with Crippen molar-refractivity contribution in [1.82, 2.24) is 14.8 Å². The monoisotopic (exact) mass is 396 g/mol. The Bertz CT molecular complexity index is 954. The van der Waals surface area contributed by atoms with E-state index in [4.69, 9.17) is 0 Å². The largest absolute Gasteiger partial charge is 0.325 e. The number of aromatic nitrogens is 3. The summed E-state index contributed by atoms with van der Waals surface area (Å²) in [5.41, 5.74) is 1.44. The quantitative estimate of drug-likeness (QED) is 0.584. The number of halogens is 1. The van der Waals surface area contributed by atoms with Crippen molar-refractivity contribution in [2.75, 3.05) is 5.32 Å². The number of carbonyl (C=O) groups excluding carboxylic acids is 1. The average molecular weight is 396 g/mol. The van der Waals surface area contributed by atoms with Gasteiger partial charge in [0.1, 0.15) is 16.9 Å². The zero-order valence-corrected chi connectivity index (χ0v) is 16.3. The minimum absolute atomic E-state index is 0.179. The maximum absolute atomic E-state index is 13.2. The fourth-order valence-electron chi connectivity index (χ4n) is 3.08. The first-order chi connectivity index (χ1) is 13.7. The van der Waals surface area contributed by atoms with Crippen molar-refractivity contribution < 1.29 is 9.18 Å². The number of amides is 1. The maximum atomic E-state index is 13.2. The van der Waals surface area contributed by atoms with E-state index >= 15 is 0 Å². The van der Waals surface area contributed by atoms with Crippen molar-refractivity contribution in [3.05, 3.63) is 71.8 Å². The fraction of sp³-hybridized carbons (Fsp3) is 0.286. The molecule has 4 rings (SSSR count). The van der Waals surface area contributed by atoms with Crippen LogP contribution < -0.4 is 5.32 Å². The predicted molar refractivity (Wildman–Crippen MR) is 108 cm³/mol. The predicted octanol–water partition coefficient (Wildman–Crippen LogP) is 4.79. The van der Waals surface area contributed by atoms with Crippen molar-refractivity contribution >= 4 is 23.4 Å². The van der Waals surface area contributed by atoms with E-state index in [-0.39, 0.29) is 11.7 Å². The molecule has 1 heterocycles. The molecule has 28 heavy (non-hydrogen) atoms. The maximum Gasteiger partial charge on any atom is 0.242 e. The van der Waals surface area contributed by atoms with Crippen LogP contribution in [0.4, 0.5) is 10.1 Å². The molecule has 0 radical (unpaired) electrons. The van der Waals surface area contributed by atoms with E-state index in [1.165, 1.54) is 23.9 Å². The highest BCUT2D eigenvalue weighted by atomic mass is 32.2. The number of thioether (sulfide) groups is 1. The second-order valence-corrected chi connectivity index (χ2v) is 7.84. The molecule has 0 saturated heterocycles. The van der Waals surface area contributed by atoms with Crippen molar-refractivity contribution in [2.45, 2.75) is 42.6 Å². The van der Waals surface area contributed by atoms with Crippen LogP contribution >= 0.6 is 11.8 Å². The number of benzene rings is 2. The minimum Gasteiger partial charge on any atom is -0.325 e. The van der Waals surface area contributed by atoms with Crippen molar-refractivity contribution in [3.8, 4) is 0 Å². The third kappa shape index (κ3) is 4.09. The Hall–Kier alpha value is -2.67. The molecule has 0 aliphatic heterocycles. The molecule has 1 aliphatic carbocycles. The highest BCUT2D eigenvalue weighted by molar-refractivity contribution is 8.00. The molecular weight excluding hydrogens is 375 g/mol. The summed E-state index contributed by atoms with van der Waals surface area (Å²) in [4.78, 5) is 13.1. The molecule has 1 aliphatic rings. The molecule has 1 atom stereocenters. The Morgan fingerprint density at radius 1 is 1.18 bits per heavy atom. The van der Waals surface area contributed by atoms with Crippen LogP contribution in [0.15, 0.2) is 59.8 Å². The number of rotatable bonds is 7. The van der Waals surface area contributed by atoms with E-state index in [0.717, 1.165) is 35.9 Å². The lowest BCUT2D eigenvalue weighted by atomic mass is 10.1. The first-order valence-corrected chi connectivity index (χ1v) is 10.2. The lowest BCUT2D eigenvalue weighted by Gasteiger charge is -2.17. The van der Waals surface area contributed by atoms with Crippen molar-refractivity contribution in [3.63, 3.8) is 0 Å². The Morgan fingerprint density at radius 3 is 2.54 bits per heavy atom. The Kier molecular flexibility index (Phi) is 5.43. The molecule has 0 spiro atoms. The first-order valence-electron chi connectivity index (χ1n) is 9.37. The van der Waals surface area contributed by atoms with Gasteiger partial charge in [-0.15, -0.1) is 10.2 Å². The SMILES string of the molecule is CCn1c(S[C@@H](C(=O)Nc2ccc(F)cc2)c2ccccc2)nnc1C1CC1. The lowest BCUT2D eigenvalue weighted by molar-refractivity contribution is -0.115. The molecule has 144 valence electrons. The number of carbonyl (C=O) groups is 1.